The Balaban J connectivity index is 1.55. The average Bonchev–Trinajstić information content (AvgIpc) is 3.08. The van der Waals surface area contributed by atoms with Gasteiger partial charge in [-0.25, -0.2) is 8.42 Å². The number of benzene rings is 1. The number of hydrogen-bond acceptors (Lipinski definition) is 5. The van der Waals surface area contributed by atoms with Crippen molar-refractivity contribution in [2.24, 2.45) is 5.41 Å². The van der Waals surface area contributed by atoms with Crippen LogP contribution in [-0.2, 0) is 25.8 Å². The van der Waals surface area contributed by atoms with E-state index >= 15 is 0 Å². The van der Waals surface area contributed by atoms with Gasteiger partial charge >= 0.3 is 0 Å². The summed E-state index contributed by atoms with van der Waals surface area (Å²) < 4.78 is 29.1. The molecule has 0 spiro atoms. The van der Waals surface area contributed by atoms with E-state index in [2.05, 4.69) is 16.4 Å². The van der Waals surface area contributed by atoms with Crippen LogP contribution in [-0.4, -0.2) is 50.1 Å². The highest BCUT2D eigenvalue weighted by Gasteiger charge is 2.42. The lowest BCUT2D eigenvalue weighted by molar-refractivity contribution is -0.137. The van der Waals surface area contributed by atoms with Gasteiger partial charge in [0.1, 0.15) is 0 Å². The molecule has 2 aliphatic rings. The molecule has 1 aromatic heterocycles. The summed E-state index contributed by atoms with van der Waals surface area (Å²) >= 11 is 0. The fraction of sp³-hybridized carbons (Fsp3) is 0.455. The lowest BCUT2D eigenvalue weighted by atomic mass is 9.74. The second-order valence-electron chi connectivity index (χ2n) is 8.08. The number of ether oxygens (including phenoxy) is 1. The molecule has 6 nitrogen and oxygen atoms in total. The van der Waals surface area contributed by atoms with E-state index in [0.29, 0.717) is 38.9 Å². The molecule has 0 saturated carbocycles. The number of pyridine rings is 1. The number of carbonyl (C=O) groups excluding carboxylic acids is 1. The second-order valence-corrected chi connectivity index (χ2v) is 10.3. The highest BCUT2D eigenvalue weighted by atomic mass is 32.2. The van der Waals surface area contributed by atoms with Crippen LogP contribution in [0, 0.1) is 5.41 Å². The maximum absolute atomic E-state index is 13.3. The van der Waals surface area contributed by atoms with Crippen LogP contribution in [0.3, 0.4) is 0 Å². The Morgan fingerprint density at radius 3 is 2.66 bits per heavy atom. The average molecular weight is 415 g/mol. The van der Waals surface area contributed by atoms with E-state index in [-0.39, 0.29) is 23.5 Å². The molecule has 3 heterocycles. The van der Waals surface area contributed by atoms with Gasteiger partial charge in [-0.15, -0.1) is 0 Å². The van der Waals surface area contributed by atoms with E-state index in [1.165, 1.54) is 0 Å². The van der Waals surface area contributed by atoms with Gasteiger partial charge in [-0.3, -0.25) is 9.78 Å². The van der Waals surface area contributed by atoms with Crippen LogP contribution in [0.15, 0.2) is 48.8 Å². The summed E-state index contributed by atoms with van der Waals surface area (Å²) in [6, 6.07) is 11.8. The number of nitrogens with one attached hydrogen (secondary N) is 1. The van der Waals surface area contributed by atoms with E-state index in [0.717, 1.165) is 16.7 Å². The highest BCUT2D eigenvalue weighted by molar-refractivity contribution is 7.91. The molecule has 1 aromatic carbocycles. The number of sulfone groups is 1. The fourth-order valence-corrected chi connectivity index (χ4v) is 5.95. The minimum absolute atomic E-state index is 0.0435. The maximum Gasteiger partial charge on any atom is 0.226 e. The molecule has 1 N–H and O–H groups in total. The summed E-state index contributed by atoms with van der Waals surface area (Å²) in [4.78, 5) is 17.5. The molecule has 1 amide bonds. The molecule has 0 bridgehead atoms. The van der Waals surface area contributed by atoms with Crippen molar-refractivity contribution in [2.75, 3.05) is 24.7 Å². The summed E-state index contributed by atoms with van der Waals surface area (Å²) in [6.07, 6.45) is 5.95. The molecule has 1 atom stereocenters. The van der Waals surface area contributed by atoms with Crippen molar-refractivity contribution in [2.45, 2.75) is 31.7 Å². The number of amides is 1. The first-order chi connectivity index (χ1) is 14.0. The topological polar surface area (TPSA) is 85.4 Å². The molecule has 0 unspecified atom stereocenters. The first-order valence-corrected chi connectivity index (χ1v) is 11.9. The minimum atomic E-state index is -3.03. The Labute approximate surface area is 171 Å². The molecule has 4 rings (SSSR count). The maximum atomic E-state index is 13.3. The summed E-state index contributed by atoms with van der Waals surface area (Å²) in [5.41, 5.74) is 2.62. The molecule has 29 heavy (non-hydrogen) atoms. The quantitative estimate of drug-likeness (QED) is 0.812. The van der Waals surface area contributed by atoms with E-state index in [4.69, 9.17) is 4.74 Å². The zero-order valence-electron chi connectivity index (χ0n) is 16.3. The lowest BCUT2D eigenvalue weighted by Gasteiger charge is -2.36. The van der Waals surface area contributed by atoms with Crippen LogP contribution in [0.1, 0.15) is 24.8 Å². The zero-order valence-corrected chi connectivity index (χ0v) is 17.2. The fourth-order valence-electron chi connectivity index (χ4n) is 4.28. The predicted octanol–water partition coefficient (Wildman–Crippen LogP) is 2.39. The zero-order chi connectivity index (χ0) is 20.3. The van der Waals surface area contributed by atoms with E-state index in [9.17, 15) is 13.2 Å². The first kappa shape index (κ1) is 20.0. The van der Waals surface area contributed by atoms with Crippen molar-refractivity contribution in [1.29, 1.82) is 0 Å². The van der Waals surface area contributed by atoms with E-state index in [1.807, 2.05) is 36.5 Å². The smallest absolute Gasteiger partial charge is 0.226 e. The van der Waals surface area contributed by atoms with Crippen molar-refractivity contribution < 1.29 is 17.9 Å². The summed E-state index contributed by atoms with van der Waals surface area (Å²) in [7, 11) is -3.03. The van der Waals surface area contributed by atoms with Crippen LogP contribution >= 0.6 is 0 Å². The predicted molar refractivity (Wildman–Crippen MR) is 111 cm³/mol. The minimum Gasteiger partial charge on any atom is -0.381 e. The molecule has 2 aliphatic heterocycles. The number of carbonyl (C=O) groups is 1. The van der Waals surface area contributed by atoms with Crippen molar-refractivity contribution in [1.82, 2.24) is 10.3 Å². The van der Waals surface area contributed by atoms with Gasteiger partial charge in [0.25, 0.3) is 0 Å². The molecule has 0 aliphatic carbocycles. The normalized spacial score (nSPS) is 22.8. The van der Waals surface area contributed by atoms with Gasteiger partial charge in [-0.2, -0.15) is 0 Å². The van der Waals surface area contributed by atoms with Crippen molar-refractivity contribution in [3.63, 3.8) is 0 Å². The first-order valence-electron chi connectivity index (χ1n) is 10.0. The summed E-state index contributed by atoms with van der Waals surface area (Å²) in [5, 5.41) is 3.03. The molecule has 0 radical (unpaired) electrons. The third kappa shape index (κ3) is 4.67. The van der Waals surface area contributed by atoms with Crippen molar-refractivity contribution in [3.05, 3.63) is 54.4 Å². The van der Waals surface area contributed by atoms with Gasteiger partial charge in [0, 0.05) is 31.6 Å². The Morgan fingerprint density at radius 1 is 1.17 bits per heavy atom. The van der Waals surface area contributed by atoms with Gasteiger partial charge in [0.15, 0.2) is 9.84 Å². The Bertz CT molecular complexity index is 969. The number of hydrogen-bond donors (Lipinski definition) is 1. The largest absolute Gasteiger partial charge is 0.381 e. The number of rotatable bonds is 5. The van der Waals surface area contributed by atoms with Crippen molar-refractivity contribution in [3.8, 4) is 11.1 Å². The Kier molecular flexibility index (Phi) is 5.69. The molecule has 2 saturated heterocycles. The Hall–Kier alpha value is -2.25. The standard InChI is InChI=1S/C22H26N2O4S/c25-21(24-20-6-12-29(26,27)16-20)22(7-10-28-11-8-22)14-17-3-1-4-18(13-17)19-5-2-9-23-15-19/h1-5,9,13,15,20H,6-8,10-12,14,16H2,(H,24,25)/t20-/m0/s1. The highest BCUT2D eigenvalue weighted by Crippen LogP contribution is 2.36. The number of aromatic nitrogens is 1. The summed E-state index contributed by atoms with van der Waals surface area (Å²) in [6.45, 7) is 1.08. The lowest BCUT2D eigenvalue weighted by Crippen LogP contribution is -2.49. The SMILES string of the molecule is O=C(N[C@H]1CCS(=O)(=O)C1)C1(Cc2cccc(-c3cccnc3)c2)CCOCC1. The molecular weight excluding hydrogens is 388 g/mol. The molecule has 7 heteroatoms. The van der Waals surface area contributed by atoms with Crippen LogP contribution in [0.25, 0.3) is 11.1 Å². The van der Waals surface area contributed by atoms with E-state index in [1.54, 1.807) is 6.20 Å². The van der Waals surface area contributed by atoms with E-state index < -0.39 is 15.3 Å². The van der Waals surface area contributed by atoms with Gasteiger partial charge in [-0.05, 0) is 48.4 Å². The van der Waals surface area contributed by atoms with Crippen LogP contribution in [0.5, 0.6) is 0 Å². The van der Waals surface area contributed by atoms with Gasteiger partial charge < -0.3 is 10.1 Å². The third-order valence-corrected chi connectivity index (χ3v) is 7.73. The van der Waals surface area contributed by atoms with Gasteiger partial charge in [-0.1, -0.05) is 30.3 Å². The monoisotopic (exact) mass is 414 g/mol. The number of nitrogens with zero attached hydrogens (tertiary/aromatic N) is 1. The molecule has 2 aromatic rings. The second kappa shape index (κ2) is 8.24. The molecular formula is C22H26N2O4S. The Morgan fingerprint density at radius 2 is 1.97 bits per heavy atom. The van der Waals surface area contributed by atoms with Gasteiger partial charge in [0.2, 0.25) is 5.91 Å². The van der Waals surface area contributed by atoms with Crippen LogP contribution in [0.4, 0.5) is 0 Å². The summed E-state index contributed by atoms with van der Waals surface area (Å²) in [5.74, 6) is 0.151. The van der Waals surface area contributed by atoms with Crippen molar-refractivity contribution >= 4 is 15.7 Å². The van der Waals surface area contributed by atoms with Crippen LogP contribution in [0.2, 0.25) is 0 Å². The third-order valence-electron chi connectivity index (χ3n) is 5.96. The molecule has 2 fully saturated rings. The van der Waals surface area contributed by atoms with Crippen LogP contribution < -0.4 is 5.32 Å². The van der Waals surface area contributed by atoms with Gasteiger partial charge in [0.05, 0.1) is 16.9 Å². The molecule has 154 valence electrons.